The fourth-order valence-electron chi connectivity index (χ4n) is 5.09. The minimum Gasteiger partial charge on any atom is -0.478 e. The molecule has 3 aromatic carbocycles. The summed E-state index contributed by atoms with van der Waals surface area (Å²) in [5.41, 5.74) is 2.91. The van der Waals surface area contributed by atoms with Crippen LogP contribution in [0.25, 0.3) is 11.8 Å². The van der Waals surface area contributed by atoms with Gasteiger partial charge in [-0.05, 0) is 89.9 Å². The second-order valence-corrected chi connectivity index (χ2v) is 10.7. The molecule has 1 saturated heterocycles. The molecule has 0 spiro atoms. The predicted molar refractivity (Wildman–Crippen MR) is 162 cm³/mol. The van der Waals surface area contributed by atoms with E-state index in [9.17, 15) is 19.5 Å². The second kappa shape index (κ2) is 13.8. The van der Waals surface area contributed by atoms with E-state index >= 15 is 0 Å². The van der Waals surface area contributed by atoms with Crippen molar-refractivity contribution < 1.29 is 19.5 Å². The molecule has 5 rings (SSSR count). The molecule has 1 fully saturated rings. The minimum atomic E-state index is -0.998. The summed E-state index contributed by atoms with van der Waals surface area (Å²) in [7, 11) is 0. The van der Waals surface area contributed by atoms with Gasteiger partial charge >= 0.3 is 5.97 Å². The topological polar surface area (TPSA) is 142 Å². The van der Waals surface area contributed by atoms with Crippen LogP contribution in [0.4, 0.5) is 5.69 Å². The highest BCUT2D eigenvalue weighted by Crippen LogP contribution is 2.24. The first-order chi connectivity index (χ1) is 20.9. The maximum atomic E-state index is 13.1. The van der Waals surface area contributed by atoms with E-state index in [1.54, 1.807) is 36.4 Å². The third kappa shape index (κ3) is 7.83. The Labute approximate surface area is 253 Å². The van der Waals surface area contributed by atoms with Crippen LogP contribution >= 0.6 is 11.6 Å². The van der Waals surface area contributed by atoms with E-state index in [-0.39, 0.29) is 29.3 Å². The predicted octanol–water partition coefficient (Wildman–Crippen LogP) is 4.18. The average molecular weight is 600 g/mol. The summed E-state index contributed by atoms with van der Waals surface area (Å²) in [4.78, 5) is 39.2. The molecule has 2 amide bonds. The molecule has 1 aliphatic rings. The number of halogens is 1. The third-order valence-electron chi connectivity index (χ3n) is 7.24. The number of aromatic nitrogens is 4. The van der Waals surface area contributed by atoms with Crippen molar-refractivity contribution in [1.29, 1.82) is 0 Å². The van der Waals surface area contributed by atoms with Crippen LogP contribution in [0.3, 0.4) is 0 Å². The molecule has 0 bridgehead atoms. The Balaban J connectivity index is 1.27. The van der Waals surface area contributed by atoms with E-state index in [0.717, 1.165) is 12.1 Å². The number of benzene rings is 3. The molecule has 12 heteroatoms. The molecular weight excluding hydrogens is 570 g/mol. The van der Waals surface area contributed by atoms with Crippen molar-refractivity contribution in [1.82, 2.24) is 30.4 Å². The Bertz CT molecular complexity index is 1590. The Hall–Kier alpha value is -5.03. The molecular formula is C31H30ClN7O4. The van der Waals surface area contributed by atoms with Gasteiger partial charge in [0.2, 0.25) is 5.91 Å². The lowest BCUT2D eigenvalue weighted by atomic mass is 9.98. The van der Waals surface area contributed by atoms with Crippen LogP contribution in [0.5, 0.6) is 0 Å². The number of rotatable bonds is 11. The zero-order valence-corrected chi connectivity index (χ0v) is 23.9. The quantitative estimate of drug-likeness (QED) is 0.218. The maximum absolute atomic E-state index is 13.1. The molecule has 220 valence electrons. The number of nitrogens with zero attached hydrogens (tertiary/aromatic N) is 5. The number of tetrazole rings is 1. The van der Waals surface area contributed by atoms with Gasteiger partial charge < -0.3 is 20.6 Å². The number of amides is 2. The standard InChI is InChI=1S/C31H30ClN7O4/c32-25-9-12-28(39-20-34-36-37-39)24(17-25)8-13-29(40)35-27(18-33-26-10-6-23(7-11-26)31(42)43)16-21-14-15-38(19-21)30(41)22-4-2-1-3-5-22/h1-13,17,20-21,27,33H,14-16,18-19H2,(H,35,40)(H,42,43)/b13-8+/t21?,27-/m0/s1. The van der Waals surface area contributed by atoms with Crippen molar-refractivity contribution in [3.05, 3.63) is 107 Å². The van der Waals surface area contributed by atoms with Gasteiger partial charge in [0.25, 0.3) is 5.91 Å². The highest BCUT2D eigenvalue weighted by atomic mass is 35.5. The number of anilines is 1. The van der Waals surface area contributed by atoms with Gasteiger partial charge in [-0.15, -0.1) is 5.10 Å². The van der Waals surface area contributed by atoms with Crippen molar-refractivity contribution >= 4 is 41.1 Å². The Morgan fingerprint density at radius 3 is 2.56 bits per heavy atom. The summed E-state index contributed by atoms with van der Waals surface area (Å²) in [6, 6.07) is 20.6. The monoisotopic (exact) mass is 599 g/mol. The van der Waals surface area contributed by atoms with Crippen LogP contribution in [0, 0.1) is 5.92 Å². The van der Waals surface area contributed by atoms with Crippen LogP contribution in [0.1, 0.15) is 39.1 Å². The van der Waals surface area contributed by atoms with Crippen molar-refractivity contribution in [2.45, 2.75) is 18.9 Å². The summed E-state index contributed by atoms with van der Waals surface area (Å²) in [6.45, 7) is 1.65. The van der Waals surface area contributed by atoms with Gasteiger partial charge in [-0.25, -0.2) is 4.79 Å². The van der Waals surface area contributed by atoms with E-state index in [1.807, 2.05) is 35.2 Å². The van der Waals surface area contributed by atoms with Crippen molar-refractivity contribution in [3.63, 3.8) is 0 Å². The fraction of sp³-hybridized carbons (Fsp3) is 0.226. The molecule has 0 radical (unpaired) electrons. The van der Waals surface area contributed by atoms with Crippen molar-refractivity contribution in [3.8, 4) is 5.69 Å². The summed E-state index contributed by atoms with van der Waals surface area (Å²) in [6.07, 6.45) is 6.02. The third-order valence-corrected chi connectivity index (χ3v) is 7.48. The summed E-state index contributed by atoms with van der Waals surface area (Å²) >= 11 is 6.21. The Kier molecular flexibility index (Phi) is 9.42. The van der Waals surface area contributed by atoms with Gasteiger partial charge in [0.1, 0.15) is 6.33 Å². The van der Waals surface area contributed by atoms with Gasteiger partial charge in [0, 0.05) is 53.6 Å². The Morgan fingerprint density at radius 1 is 1.05 bits per heavy atom. The molecule has 1 unspecified atom stereocenters. The van der Waals surface area contributed by atoms with Crippen LogP contribution in [0.2, 0.25) is 5.02 Å². The van der Waals surface area contributed by atoms with Gasteiger partial charge in [0.05, 0.1) is 11.3 Å². The lowest BCUT2D eigenvalue weighted by molar-refractivity contribution is -0.117. The van der Waals surface area contributed by atoms with E-state index in [0.29, 0.717) is 47.9 Å². The number of likely N-dealkylation sites (tertiary alicyclic amines) is 1. The molecule has 3 N–H and O–H groups in total. The van der Waals surface area contributed by atoms with Crippen LogP contribution in [-0.4, -0.2) is 73.7 Å². The number of hydrogen-bond donors (Lipinski definition) is 3. The molecule has 2 heterocycles. The van der Waals surface area contributed by atoms with Gasteiger partial charge in [0.15, 0.2) is 0 Å². The molecule has 11 nitrogen and oxygen atoms in total. The zero-order chi connectivity index (χ0) is 30.2. The molecule has 1 aliphatic heterocycles. The van der Waals surface area contributed by atoms with Crippen molar-refractivity contribution in [2.24, 2.45) is 5.92 Å². The smallest absolute Gasteiger partial charge is 0.335 e. The number of carbonyl (C=O) groups is 3. The lowest BCUT2D eigenvalue weighted by Crippen LogP contribution is -2.40. The van der Waals surface area contributed by atoms with Gasteiger partial charge in [-0.1, -0.05) is 29.8 Å². The number of aromatic carboxylic acids is 1. The highest BCUT2D eigenvalue weighted by molar-refractivity contribution is 6.30. The Morgan fingerprint density at radius 2 is 1.84 bits per heavy atom. The van der Waals surface area contributed by atoms with Crippen LogP contribution in [-0.2, 0) is 4.79 Å². The molecule has 43 heavy (non-hydrogen) atoms. The molecule has 4 aromatic rings. The minimum absolute atomic E-state index is 0.00294. The number of hydrogen-bond acceptors (Lipinski definition) is 7. The largest absolute Gasteiger partial charge is 0.478 e. The van der Waals surface area contributed by atoms with E-state index in [2.05, 4.69) is 26.2 Å². The zero-order valence-electron chi connectivity index (χ0n) is 23.1. The molecule has 1 aromatic heterocycles. The number of nitrogens with one attached hydrogen (secondary N) is 2. The summed E-state index contributed by atoms with van der Waals surface area (Å²) in [5, 5.41) is 27.4. The molecule has 2 atom stereocenters. The number of carboxylic acid groups (broad SMARTS) is 1. The van der Waals surface area contributed by atoms with E-state index in [1.165, 1.54) is 29.2 Å². The fourth-order valence-corrected chi connectivity index (χ4v) is 5.27. The first-order valence-corrected chi connectivity index (χ1v) is 14.2. The highest BCUT2D eigenvalue weighted by Gasteiger charge is 2.29. The van der Waals surface area contributed by atoms with Gasteiger partial charge in [-0.2, -0.15) is 4.68 Å². The average Bonchev–Trinajstić information content (AvgIpc) is 3.72. The van der Waals surface area contributed by atoms with Gasteiger partial charge in [-0.3, -0.25) is 9.59 Å². The van der Waals surface area contributed by atoms with E-state index in [4.69, 9.17) is 11.6 Å². The number of carbonyl (C=O) groups excluding carboxylic acids is 2. The van der Waals surface area contributed by atoms with Crippen LogP contribution < -0.4 is 10.6 Å². The maximum Gasteiger partial charge on any atom is 0.335 e. The SMILES string of the molecule is O=C(/C=C/c1cc(Cl)ccc1-n1cnnn1)N[C@H](CNc1ccc(C(=O)O)cc1)CC1CCN(C(=O)c2ccccc2)C1. The van der Waals surface area contributed by atoms with Crippen LogP contribution in [0.15, 0.2) is 85.2 Å². The summed E-state index contributed by atoms with van der Waals surface area (Å²) < 4.78 is 1.48. The molecule has 0 aliphatic carbocycles. The molecule has 0 saturated carbocycles. The van der Waals surface area contributed by atoms with Crippen molar-refractivity contribution in [2.75, 3.05) is 25.0 Å². The summed E-state index contributed by atoms with van der Waals surface area (Å²) in [5.74, 6) is -1.10. The normalized spacial score (nSPS) is 15.4. The lowest BCUT2D eigenvalue weighted by Gasteiger charge is -2.23. The number of carboxylic acids is 1. The second-order valence-electron chi connectivity index (χ2n) is 10.3. The first-order valence-electron chi connectivity index (χ1n) is 13.8. The van der Waals surface area contributed by atoms with E-state index < -0.39 is 5.97 Å². The first kappa shape index (κ1) is 29.5.